The molecule has 0 radical (unpaired) electrons. The monoisotopic (exact) mass is 444 g/mol. The summed E-state index contributed by atoms with van der Waals surface area (Å²) < 4.78 is 7.92. The first-order chi connectivity index (χ1) is 14.4. The quantitative estimate of drug-likeness (QED) is 0.581. The molecule has 30 heavy (non-hydrogen) atoms. The van der Waals surface area contributed by atoms with Gasteiger partial charge in [0.15, 0.2) is 10.6 Å². The van der Waals surface area contributed by atoms with Crippen LogP contribution in [0.3, 0.4) is 0 Å². The van der Waals surface area contributed by atoms with E-state index in [-0.39, 0.29) is 18.1 Å². The minimum atomic E-state index is -0.533. The van der Waals surface area contributed by atoms with Gasteiger partial charge in [-0.15, -0.1) is 11.3 Å². The zero-order chi connectivity index (χ0) is 21.3. The molecule has 1 saturated heterocycles. The number of pyridine rings is 1. The van der Waals surface area contributed by atoms with Crippen molar-refractivity contribution >= 4 is 41.0 Å². The van der Waals surface area contributed by atoms with E-state index in [9.17, 15) is 4.79 Å². The third kappa shape index (κ3) is 4.30. The SMILES string of the molecule is CC1CN(c2ccc(NC(=O)C(C)n3c(-c4cccs4)n[nH]c3=S)cn2)CC(C)O1. The molecule has 1 aliphatic rings. The van der Waals surface area contributed by atoms with Gasteiger partial charge >= 0.3 is 0 Å². The number of carbonyl (C=O) groups excluding carboxylic acids is 1. The van der Waals surface area contributed by atoms with Gasteiger partial charge in [0, 0.05) is 13.1 Å². The summed E-state index contributed by atoms with van der Waals surface area (Å²) >= 11 is 6.90. The predicted octanol–water partition coefficient (Wildman–Crippen LogP) is 3.88. The number of carbonyl (C=O) groups is 1. The van der Waals surface area contributed by atoms with Crippen LogP contribution in [0, 0.1) is 4.77 Å². The molecule has 1 aliphatic heterocycles. The molecule has 0 spiro atoms. The number of aromatic nitrogens is 4. The van der Waals surface area contributed by atoms with Crippen LogP contribution < -0.4 is 10.2 Å². The summed E-state index contributed by atoms with van der Waals surface area (Å²) in [6, 6.07) is 7.15. The van der Waals surface area contributed by atoms with Crippen LogP contribution in [-0.4, -0.2) is 51.0 Å². The smallest absolute Gasteiger partial charge is 0.247 e. The third-order valence-corrected chi connectivity index (χ3v) is 6.13. The van der Waals surface area contributed by atoms with Gasteiger partial charge in [0.05, 0.1) is 29.0 Å². The minimum Gasteiger partial charge on any atom is -0.372 e. The molecule has 3 atom stereocenters. The van der Waals surface area contributed by atoms with E-state index in [0.717, 1.165) is 23.8 Å². The summed E-state index contributed by atoms with van der Waals surface area (Å²) in [7, 11) is 0. The summed E-state index contributed by atoms with van der Waals surface area (Å²) in [5.74, 6) is 1.34. The fourth-order valence-corrected chi connectivity index (χ4v) is 4.62. The summed E-state index contributed by atoms with van der Waals surface area (Å²) in [6.45, 7) is 7.51. The van der Waals surface area contributed by atoms with Crippen molar-refractivity contribution in [3.8, 4) is 10.7 Å². The number of rotatable bonds is 5. The van der Waals surface area contributed by atoms with Gasteiger partial charge in [0.2, 0.25) is 5.91 Å². The van der Waals surface area contributed by atoms with Crippen molar-refractivity contribution in [3.63, 3.8) is 0 Å². The molecular formula is C20H24N6O2S2. The normalized spacial score (nSPS) is 20.2. The molecule has 0 aromatic carbocycles. The Bertz CT molecular complexity index is 1050. The Balaban J connectivity index is 1.47. The van der Waals surface area contributed by atoms with Crippen LogP contribution in [0.25, 0.3) is 10.7 Å². The van der Waals surface area contributed by atoms with E-state index in [2.05, 4.69) is 39.2 Å². The van der Waals surface area contributed by atoms with E-state index in [1.165, 1.54) is 0 Å². The molecule has 3 aromatic heterocycles. The van der Waals surface area contributed by atoms with Gasteiger partial charge in [-0.1, -0.05) is 6.07 Å². The van der Waals surface area contributed by atoms with Crippen molar-refractivity contribution < 1.29 is 9.53 Å². The number of thiophene rings is 1. The van der Waals surface area contributed by atoms with Crippen molar-refractivity contribution in [2.75, 3.05) is 23.3 Å². The van der Waals surface area contributed by atoms with Crippen molar-refractivity contribution in [2.45, 2.75) is 39.0 Å². The molecule has 2 N–H and O–H groups in total. The average Bonchev–Trinajstić information content (AvgIpc) is 3.36. The molecule has 1 fully saturated rings. The largest absolute Gasteiger partial charge is 0.372 e. The van der Waals surface area contributed by atoms with E-state index >= 15 is 0 Å². The van der Waals surface area contributed by atoms with E-state index < -0.39 is 6.04 Å². The zero-order valence-corrected chi connectivity index (χ0v) is 18.7. The van der Waals surface area contributed by atoms with Gasteiger partial charge in [0.1, 0.15) is 11.9 Å². The molecule has 3 aromatic rings. The standard InChI is InChI=1S/C20H24N6O2S2/c1-12-10-25(11-13(2)28-12)17-7-6-15(9-21-17)22-19(27)14(3)26-18(23-24-20(26)29)16-5-4-8-30-16/h4-9,12-14H,10-11H2,1-3H3,(H,22,27)(H,24,29). The van der Waals surface area contributed by atoms with E-state index in [1.807, 2.05) is 29.6 Å². The lowest BCUT2D eigenvalue weighted by Gasteiger charge is -2.36. The van der Waals surface area contributed by atoms with Gasteiger partial charge in [-0.05, 0) is 56.6 Å². The van der Waals surface area contributed by atoms with Crippen molar-refractivity contribution in [1.29, 1.82) is 0 Å². The molecular weight excluding hydrogens is 420 g/mol. The molecule has 1 amide bonds. The Morgan fingerprint density at radius 1 is 1.33 bits per heavy atom. The van der Waals surface area contributed by atoms with Gasteiger partial charge in [-0.25, -0.2) is 4.98 Å². The molecule has 0 aliphatic carbocycles. The highest BCUT2D eigenvalue weighted by atomic mass is 32.1. The Labute approximate surface area is 183 Å². The molecule has 3 unspecified atom stereocenters. The van der Waals surface area contributed by atoms with Crippen LogP contribution in [0.15, 0.2) is 35.8 Å². The molecule has 8 nitrogen and oxygen atoms in total. The molecule has 0 bridgehead atoms. The summed E-state index contributed by atoms with van der Waals surface area (Å²) in [6.07, 6.45) is 2.00. The highest BCUT2D eigenvalue weighted by Gasteiger charge is 2.24. The molecule has 10 heteroatoms. The van der Waals surface area contributed by atoms with Gasteiger partial charge in [-0.3, -0.25) is 14.5 Å². The minimum absolute atomic E-state index is 0.160. The van der Waals surface area contributed by atoms with Gasteiger partial charge < -0.3 is 15.0 Å². The average molecular weight is 445 g/mol. The number of nitrogens with one attached hydrogen (secondary N) is 2. The van der Waals surface area contributed by atoms with Crippen molar-refractivity contribution in [3.05, 3.63) is 40.6 Å². The first kappa shape index (κ1) is 20.7. The van der Waals surface area contributed by atoms with Crippen LogP contribution >= 0.6 is 23.6 Å². The second-order valence-electron chi connectivity index (χ2n) is 7.43. The highest BCUT2D eigenvalue weighted by Crippen LogP contribution is 2.26. The number of anilines is 2. The number of hydrogen-bond acceptors (Lipinski definition) is 7. The predicted molar refractivity (Wildman–Crippen MR) is 121 cm³/mol. The fraction of sp³-hybridized carbons (Fsp3) is 0.400. The Kier molecular flexibility index (Phi) is 5.98. The maximum Gasteiger partial charge on any atom is 0.247 e. The van der Waals surface area contributed by atoms with E-state index in [0.29, 0.717) is 16.3 Å². The lowest BCUT2D eigenvalue weighted by atomic mass is 10.2. The number of morpholine rings is 1. The second-order valence-corrected chi connectivity index (χ2v) is 8.77. The van der Waals surface area contributed by atoms with E-state index in [1.54, 1.807) is 29.0 Å². The first-order valence-corrected chi connectivity index (χ1v) is 11.1. The summed E-state index contributed by atoms with van der Waals surface area (Å²) in [4.78, 5) is 20.6. The Hall–Kier alpha value is -2.56. The van der Waals surface area contributed by atoms with Crippen molar-refractivity contribution in [2.24, 2.45) is 0 Å². The number of ether oxygens (including phenoxy) is 1. The van der Waals surface area contributed by atoms with E-state index in [4.69, 9.17) is 17.0 Å². The van der Waals surface area contributed by atoms with Crippen LogP contribution in [0.5, 0.6) is 0 Å². The van der Waals surface area contributed by atoms with Crippen molar-refractivity contribution in [1.82, 2.24) is 19.7 Å². The van der Waals surface area contributed by atoms with Gasteiger partial charge in [-0.2, -0.15) is 5.10 Å². The van der Waals surface area contributed by atoms with Crippen LogP contribution in [0.1, 0.15) is 26.8 Å². The highest BCUT2D eigenvalue weighted by molar-refractivity contribution is 7.71. The molecule has 4 rings (SSSR count). The number of H-pyrrole nitrogens is 1. The molecule has 4 heterocycles. The molecule has 158 valence electrons. The zero-order valence-electron chi connectivity index (χ0n) is 17.0. The van der Waals surface area contributed by atoms with Crippen LogP contribution in [-0.2, 0) is 9.53 Å². The summed E-state index contributed by atoms with van der Waals surface area (Å²) in [5, 5.41) is 12.0. The maximum absolute atomic E-state index is 12.9. The maximum atomic E-state index is 12.9. The lowest BCUT2D eigenvalue weighted by Crippen LogP contribution is -2.45. The number of amides is 1. The topological polar surface area (TPSA) is 88.1 Å². The lowest BCUT2D eigenvalue weighted by molar-refractivity contribution is -0.118. The van der Waals surface area contributed by atoms with Crippen LogP contribution in [0.4, 0.5) is 11.5 Å². The fourth-order valence-electron chi connectivity index (χ4n) is 3.62. The second kappa shape index (κ2) is 8.66. The van der Waals surface area contributed by atoms with Crippen LogP contribution in [0.2, 0.25) is 0 Å². The third-order valence-electron chi connectivity index (χ3n) is 4.97. The summed E-state index contributed by atoms with van der Waals surface area (Å²) in [5.41, 5.74) is 0.637. The number of nitrogens with zero attached hydrogens (tertiary/aromatic N) is 4. The number of aromatic amines is 1. The first-order valence-electron chi connectivity index (χ1n) is 9.80. The number of hydrogen-bond donors (Lipinski definition) is 2. The Morgan fingerprint density at radius 2 is 2.10 bits per heavy atom. The molecule has 0 saturated carbocycles. The van der Waals surface area contributed by atoms with Gasteiger partial charge in [0.25, 0.3) is 0 Å². The Morgan fingerprint density at radius 3 is 2.73 bits per heavy atom.